The monoisotopic (exact) mass is 362 g/mol. The molecule has 0 aliphatic rings. The summed E-state index contributed by atoms with van der Waals surface area (Å²) < 4.78 is 11.9. The Labute approximate surface area is 133 Å². The van der Waals surface area contributed by atoms with Crippen LogP contribution in [0.2, 0.25) is 0 Å². The molecule has 0 saturated heterocycles. The van der Waals surface area contributed by atoms with Crippen molar-refractivity contribution in [1.29, 1.82) is 0 Å². The quantitative estimate of drug-likeness (QED) is 0.551. The van der Waals surface area contributed by atoms with Gasteiger partial charge in [0.2, 0.25) is 5.89 Å². The zero-order chi connectivity index (χ0) is 15.7. The van der Waals surface area contributed by atoms with Gasteiger partial charge in [0.15, 0.2) is 5.58 Å². The number of hydroxylamine groups is 1. The van der Waals surface area contributed by atoms with Crippen molar-refractivity contribution in [2.24, 2.45) is 0 Å². The van der Waals surface area contributed by atoms with Gasteiger partial charge in [-0.25, -0.2) is 10.5 Å². The van der Waals surface area contributed by atoms with Crippen LogP contribution in [0.4, 0.5) is 0 Å². The molecule has 0 radical (unpaired) electrons. The Morgan fingerprint density at radius 1 is 1.32 bits per heavy atom. The minimum atomic E-state index is -0.604. The molecule has 0 unspecified atom stereocenters. The number of benzene rings is 2. The first kappa shape index (κ1) is 14.6. The summed E-state index contributed by atoms with van der Waals surface area (Å²) in [5.74, 6) is 0.405. The maximum Gasteiger partial charge on any atom is 0.274 e. The molecule has 22 heavy (non-hydrogen) atoms. The fourth-order valence-electron chi connectivity index (χ4n) is 2.09. The molecule has 3 rings (SSSR count). The van der Waals surface area contributed by atoms with Gasteiger partial charge in [0.05, 0.1) is 12.7 Å². The van der Waals surface area contributed by atoms with E-state index in [4.69, 9.17) is 14.4 Å². The van der Waals surface area contributed by atoms with Crippen LogP contribution in [0.15, 0.2) is 45.3 Å². The van der Waals surface area contributed by atoms with Gasteiger partial charge < -0.3 is 9.15 Å². The number of halogens is 1. The Kier molecular flexibility index (Phi) is 3.82. The van der Waals surface area contributed by atoms with Gasteiger partial charge in [-0.1, -0.05) is 15.9 Å². The highest BCUT2D eigenvalue weighted by atomic mass is 79.9. The van der Waals surface area contributed by atoms with E-state index in [0.29, 0.717) is 28.3 Å². The van der Waals surface area contributed by atoms with E-state index in [2.05, 4.69) is 20.9 Å². The number of carbonyl (C=O) groups excluding carboxylic acids is 1. The molecule has 0 aliphatic heterocycles. The molecule has 3 aromatic rings. The van der Waals surface area contributed by atoms with Crippen LogP contribution in [0.25, 0.3) is 22.6 Å². The molecule has 7 heteroatoms. The van der Waals surface area contributed by atoms with Crippen LogP contribution in [0.5, 0.6) is 5.75 Å². The topological polar surface area (TPSA) is 84.6 Å². The second-order valence-electron chi connectivity index (χ2n) is 4.49. The number of rotatable bonds is 3. The number of hydrogen-bond donors (Lipinski definition) is 2. The highest BCUT2D eigenvalue weighted by molar-refractivity contribution is 9.10. The minimum absolute atomic E-state index is 0.289. The third kappa shape index (κ3) is 2.56. The van der Waals surface area contributed by atoms with Crippen LogP contribution in [0.3, 0.4) is 0 Å². The average molecular weight is 363 g/mol. The number of fused-ring (bicyclic) bond motifs is 1. The first-order valence-corrected chi connectivity index (χ1v) is 7.10. The standard InChI is InChI=1S/C15H11BrN2O4/c1-21-13-7-9(16)3-4-10(13)15-17-11-6-8(14(19)18-20)2-5-12(11)22-15/h2-7,20H,1H3,(H,18,19). The summed E-state index contributed by atoms with van der Waals surface area (Å²) >= 11 is 3.38. The van der Waals surface area contributed by atoms with Crippen LogP contribution in [0.1, 0.15) is 10.4 Å². The number of aromatic nitrogens is 1. The van der Waals surface area contributed by atoms with Crippen LogP contribution in [-0.4, -0.2) is 23.2 Å². The number of amides is 1. The lowest BCUT2D eigenvalue weighted by molar-refractivity contribution is 0.0706. The van der Waals surface area contributed by atoms with Gasteiger partial charge in [-0.3, -0.25) is 10.0 Å². The smallest absolute Gasteiger partial charge is 0.274 e. The van der Waals surface area contributed by atoms with Crippen molar-refractivity contribution < 1.29 is 19.2 Å². The SMILES string of the molecule is COc1cc(Br)ccc1-c1nc2cc(C(=O)NO)ccc2o1. The molecule has 0 saturated carbocycles. The molecule has 0 atom stereocenters. The van der Waals surface area contributed by atoms with Crippen molar-refractivity contribution in [2.75, 3.05) is 7.11 Å². The van der Waals surface area contributed by atoms with E-state index in [1.54, 1.807) is 30.8 Å². The van der Waals surface area contributed by atoms with Crippen LogP contribution < -0.4 is 10.2 Å². The molecule has 0 spiro atoms. The molecule has 0 bridgehead atoms. The lowest BCUT2D eigenvalue weighted by Gasteiger charge is -2.05. The number of nitrogens with zero attached hydrogens (tertiary/aromatic N) is 1. The molecule has 2 N–H and O–H groups in total. The average Bonchev–Trinajstić information content (AvgIpc) is 2.96. The Morgan fingerprint density at radius 3 is 2.86 bits per heavy atom. The molecule has 1 heterocycles. The first-order chi connectivity index (χ1) is 10.6. The number of nitrogens with one attached hydrogen (secondary N) is 1. The summed E-state index contributed by atoms with van der Waals surface area (Å²) in [7, 11) is 1.57. The van der Waals surface area contributed by atoms with E-state index in [-0.39, 0.29) is 5.56 Å². The second kappa shape index (κ2) is 5.78. The third-order valence-electron chi connectivity index (χ3n) is 3.15. The summed E-state index contributed by atoms with van der Waals surface area (Å²) in [5, 5.41) is 8.67. The van der Waals surface area contributed by atoms with Crippen LogP contribution in [-0.2, 0) is 0 Å². The van der Waals surface area contributed by atoms with Gasteiger partial charge in [0.25, 0.3) is 5.91 Å². The van der Waals surface area contributed by atoms with Gasteiger partial charge in [0.1, 0.15) is 11.3 Å². The Balaban J connectivity index is 2.11. The van der Waals surface area contributed by atoms with Gasteiger partial charge in [0, 0.05) is 10.0 Å². The minimum Gasteiger partial charge on any atom is -0.496 e. The van der Waals surface area contributed by atoms with Crippen molar-refractivity contribution in [2.45, 2.75) is 0 Å². The second-order valence-corrected chi connectivity index (χ2v) is 5.40. The van der Waals surface area contributed by atoms with Crippen molar-refractivity contribution in [3.8, 4) is 17.2 Å². The summed E-state index contributed by atoms with van der Waals surface area (Å²) in [6.45, 7) is 0. The fraction of sp³-hybridized carbons (Fsp3) is 0.0667. The molecule has 0 aliphatic carbocycles. The predicted molar refractivity (Wildman–Crippen MR) is 82.9 cm³/mol. The van der Waals surface area contributed by atoms with E-state index >= 15 is 0 Å². The zero-order valence-corrected chi connectivity index (χ0v) is 13.0. The van der Waals surface area contributed by atoms with Gasteiger partial charge in [-0.05, 0) is 36.4 Å². The number of ether oxygens (including phenoxy) is 1. The highest BCUT2D eigenvalue weighted by Crippen LogP contribution is 2.33. The summed E-state index contributed by atoms with van der Waals surface area (Å²) in [6.07, 6.45) is 0. The van der Waals surface area contributed by atoms with Crippen LogP contribution in [0, 0.1) is 0 Å². The highest BCUT2D eigenvalue weighted by Gasteiger charge is 2.15. The van der Waals surface area contributed by atoms with E-state index < -0.39 is 5.91 Å². The first-order valence-electron chi connectivity index (χ1n) is 6.31. The van der Waals surface area contributed by atoms with Crippen molar-refractivity contribution >= 4 is 32.9 Å². The lowest BCUT2D eigenvalue weighted by atomic mass is 10.2. The third-order valence-corrected chi connectivity index (χ3v) is 3.64. The molecule has 6 nitrogen and oxygen atoms in total. The van der Waals surface area contributed by atoms with Gasteiger partial charge in [-0.2, -0.15) is 0 Å². The van der Waals surface area contributed by atoms with E-state index in [0.717, 1.165) is 4.47 Å². The summed E-state index contributed by atoms with van der Waals surface area (Å²) in [6, 6.07) is 10.2. The summed E-state index contributed by atoms with van der Waals surface area (Å²) in [4.78, 5) is 15.8. The normalized spacial score (nSPS) is 10.7. The number of hydrogen-bond acceptors (Lipinski definition) is 5. The molecular formula is C15H11BrN2O4. The Morgan fingerprint density at radius 2 is 2.14 bits per heavy atom. The molecule has 112 valence electrons. The predicted octanol–water partition coefficient (Wildman–Crippen LogP) is 3.38. The van der Waals surface area contributed by atoms with E-state index in [1.807, 2.05) is 18.2 Å². The largest absolute Gasteiger partial charge is 0.496 e. The molecule has 2 aromatic carbocycles. The van der Waals surface area contributed by atoms with Gasteiger partial charge >= 0.3 is 0 Å². The van der Waals surface area contributed by atoms with E-state index in [1.165, 1.54) is 0 Å². The molecule has 1 amide bonds. The van der Waals surface area contributed by atoms with Crippen molar-refractivity contribution in [3.05, 3.63) is 46.4 Å². The summed E-state index contributed by atoms with van der Waals surface area (Å²) in [5.41, 5.74) is 3.63. The van der Waals surface area contributed by atoms with E-state index in [9.17, 15) is 4.79 Å². The molecule has 0 fully saturated rings. The molecular weight excluding hydrogens is 352 g/mol. The van der Waals surface area contributed by atoms with Crippen molar-refractivity contribution in [3.63, 3.8) is 0 Å². The van der Waals surface area contributed by atoms with Gasteiger partial charge in [-0.15, -0.1) is 0 Å². The number of oxazole rings is 1. The Bertz CT molecular complexity index is 860. The molecule has 1 aromatic heterocycles. The maximum atomic E-state index is 11.4. The van der Waals surface area contributed by atoms with Crippen LogP contribution >= 0.6 is 15.9 Å². The lowest BCUT2D eigenvalue weighted by Crippen LogP contribution is -2.18. The zero-order valence-electron chi connectivity index (χ0n) is 11.5. The van der Waals surface area contributed by atoms with Crippen molar-refractivity contribution in [1.82, 2.24) is 10.5 Å². The number of carbonyl (C=O) groups is 1. The maximum absolute atomic E-state index is 11.4. The Hall–Kier alpha value is -2.38. The fourth-order valence-corrected chi connectivity index (χ4v) is 2.43. The number of methoxy groups -OCH3 is 1.